The van der Waals surface area contributed by atoms with Crippen LogP contribution in [0.15, 0.2) is 24.3 Å². The van der Waals surface area contributed by atoms with E-state index < -0.39 is 5.97 Å². The summed E-state index contributed by atoms with van der Waals surface area (Å²) in [7, 11) is 1.57. The Morgan fingerprint density at radius 2 is 2.16 bits per heavy atom. The molecule has 0 unspecified atom stereocenters. The van der Waals surface area contributed by atoms with Gasteiger partial charge in [0, 0.05) is 11.6 Å². The van der Waals surface area contributed by atoms with E-state index in [1.807, 2.05) is 0 Å². The third-order valence-corrected chi connectivity index (χ3v) is 2.58. The SMILES string of the molecule is COc1ccc(OCCC(C)C)c(/C=C/C(=O)O)c1. The van der Waals surface area contributed by atoms with Crippen molar-refractivity contribution < 1.29 is 19.4 Å². The number of aliphatic carboxylic acids is 1. The third-order valence-electron chi connectivity index (χ3n) is 2.58. The van der Waals surface area contributed by atoms with E-state index in [9.17, 15) is 4.79 Å². The molecule has 1 rings (SSSR count). The number of benzene rings is 1. The third kappa shape index (κ3) is 5.46. The van der Waals surface area contributed by atoms with Crippen LogP contribution in [0.1, 0.15) is 25.8 Å². The van der Waals surface area contributed by atoms with Gasteiger partial charge in [-0.3, -0.25) is 0 Å². The predicted octanol–water partition coefficient (Wildman–Crippen LogP) is 3.22. The van der Waals surface area contributed by atoms with Gasteiger partial charge in [0.05, 0.1) is 13.7 Å². The predicted molar refractivity (Wildman–Crippen MR) is 74.6 cm³/mol. The molecule has 1 N–H and O–H groups in total. The van der Waals surface area contributed by atoms with E-state index in [1.54, 1.807) is 25.3 Å². The number of methoxy groups -OCH3 is 1. The van der Waals surface area contributed by atoms with Gasteiger partial charge in [0.2, 0.25) is 0 Å². The van der Waals surface area contributed by atoms with E-state index in [0.29, 0.717) is 29.6 Å². The molecule has 0 amide bonds. The molecule has 1 aromatic carbocycles. The minimum atomic E-state index is -0.990. The smallest absolute Gasteiger partial charge is 0.328 e. The lowest BCUT2D eigenvalue weighted by Gasteiger charge is -2.11. The normalized spacial score (nSPS) is 10.9. The Morgan fingerprint density at radius 1 is 1.42 bits per heavy atom. The molecular formula is C15H20O4. The highest BCUT2D eigenvalue weighted by molar-refractivity contribution is 5.86. The summed E-state index contributed by atoms with van der Waals surface area (Å²) >= 11 is 0. The maximum absolute atomic E-state index is 10.6. The first-order chi connectivity index (χ1) is 9.02. The molecule has 1 aromatic rings. The second-order valence-corrected chi connectivity index (χ2v) is 4.61. The van der Waals surface area contributed by atoms with Crippen molar-refractivity contribution in [2.45, 2.75) is 20.3 Å². The molecule has 104 valence electrons. The van der Waals surface area contributed by atoms with Crippen LogP contribution in [-0.4, -0.2) is 24.8 Å². The number of carbonyl (C=O) groups is 1. The van der Waals surface area contributed by atoms with Crippen LogP contribution in [-0.2, 0) is 4.79 Å². The molecule has 0 aliphatic rings. The highest BCUT2D eigenvalue weighted by Crippen LogP contribution is 2.25. The molecule has 4 nitrogen and oxygen atoms in total. The fraction of sp³-hybridized carbons (Fsp3) is 0.400. The van der Waals surface area contributed by atoms with E-state index >= 15 is 0 Å². The second-order valence-electron chi connectivity index (χ2n) is 4.61. The lowest BCUT2D eigenvalue weighted by atomic mass is 10.1. The molecule has 0 aliphatic carbocycles. The molecule has 4 heteroatoms. The Morgan fingerprint density at radius 3 is 2.74 bits per heavy atom. The van der Waals surface area contributed by atoms with Crippen molar-refractivity contribution in [1.82, 2.24) is 0 Å². The van der Waals surface area contributed by atoms with Crippen LogP contribution < -0.4 is 9.47 Å². The zero-order valence-corrected chi connectivity index (χ0v) is 11.6. The zero-order chi connectivity index (χ0) is 14.3. The maximum atomic E-state index is 10.6. The van der Waals surface area contributed by atoms with Gasteiger partial charge in [-0.2, -0.15) is 0 Å². The van der Waals surface area contributed by atoms with Gasteiger partial charge in [-0.15, -0.1) is 0 Å². The summed E-state index contributed by atoms with van der Waals surface area (Å²) in [5.74, 6) is 0.910. The molecular weight excluding hydrogens is 244 g/mol. The largest absolute Gasteiger partial charge is 0.497 e. The van der Waals surface area contributed by atoms with E-state index in [-0.39, 0.29) is 0 Å². The number of hydrogen-bond acceptors (Lipinski definition) is 3. The van der Waals surface area contributed by atoms with Crippen molar-refractivity contribution in [1.29, 1.82) is 0 Å². The number of rotatable bonds is 7. The van der Waals surface area contributed by atoms with Gasteiger partial charge in [-0.05, 0) is 36.6 Å². The minimum absolute atomic E-state index is 0.566. The van der Waals surface area contributed by atoms with Crippen LogP contribution >= 0.6 is 0 Å². The minimum Gasteiger partial charge on any atom is -0.497 e. The molecule has 0 radical (unpaired) electrons. The fourth-order valence-corrected chi connectivity index (χ4v) is 1.48. The van der Waals surface area contributed by atoms with E-state index in [4.69, 9.17) is 14.6 Å². The van der Waals surface area contributed by atoms with Crippen molar-refractivity contribution in [3.05, 3.63) is 29.8 Å². The molecule has 0 spiro atoms. The first-order valence-electron chi connectivity index (χ1n) is 6.24. The Labute approximate surface area is 113 Å². The molecule has 0 bridgehead atoms. The Hall–Kier alpha value is -1.97. The fourth-order valence-electron chi connectivity index (χ4n) is 1.48. The van der Waals surface area contributed by atoms with Crippen molar-refractivity contribution in [3.63, 3.8) is 0 Å². The quantitative estimate of drug-likeness (QED) is 0.768. The van der Waals surface area contributed by atoms with Crippen LogP contribution in [0.5, 0.6) is 11.5 Å². The standard InChI is InChI=1S/C15H20O4/c1-11(2)8-9-19-14-6-5-13(18-3)10-12(14)4-7-15(16)17/h4-7,10-11H,8-9H2,1-3H3,(H,16,17)/b7-4+. The molecule has 0 heterocycles. The van der Waals surface area contributed by atoms with Crippen LogP contribution in [0.4, 0.5) is 0 Å². The van der Waals surface area contributed by atoms with Gasteiger partial charge < -0.3 is 14.6 Å². The van der Waals surface area contributed by atoms with Crippen molar-refractivity contribution in [3.8, 4) is 11.5 Å². The second kappa shape index (κ2) is 7.46. The van der Waals surface area contributed by atoms with Crippen molar-refractivity contribution >= 4 is 12.0 Å². The molecule has 19 heavy (non-hydrogen) atoms. The number of carboxylic acids is 1. The van der Waals surface area contributed by atoms with Crippen LogP contribution in [0.25, 0.3) is 6.08 Å². The average molecular weight is 264 g/mol. The van der Waals surface area contributed by atoms with E-state index in [0.717, 1.165) is 12.5 Å². The highest BCUT2D eigenvalue weighted by Gasteiger charge is 2.04. The van der Waals surface area contributed by atoms with E-state index in [2.05, 4.69) is 13.8 Å². The van der Waals surface area contributed by atoms with Crippen molar-refractivity contribution in [2.75, 3.05) is 13.7 Å². The van der Waals surface area contributed by atoms with Gasteiger partial charge >= 0.3 is 5.97 Å². The van der Waals surface area contributed by atoms with Gasteiger partial charge in [0.1, 0.15) is 11.5 Å². The average Bonchev–Trinajstić information content (AvgIpc) is 2.36. The molecule has 0 saturated heterocycles. The first kappa shape index (κ1) is 15.1. The lowest BCUT2D eigenvalue weighted by molar-refractivity contribution is -0.131. The summed E-state index contributed by atoms with van der Waals surface area (Å²) in [6.45, 7) is 4.86. The number of ether oxygens (including phenoxy) is 2. The number of carboxylic acid groups (broad SMARTS) is 1. The first-order valence-corrected chi connectivity index (χ1v) is 6.24. The molecule has 0 atom stereocenters. The lowest BCUT2D eigenvalue weighted by Crippen LogP contribution is -2.02. The van der Waals surface area contributed by atoms with Crippen LogP contribution in [0.3, 0.4) is 0 Å². The summed E-state index contributed by atoms with van der Waals surface area (Å²) in [6, 6.07) is 5.34. The summed E-state index contributed by atoms with van der Waals surface area (Å²) in [5, 5.41) is 8.68. The highest BCUT2D eigenvalue weighted by atomic mass is 16.5. The monoisotopic (exact) mass is 264 g/mol. The summed E-state index contributed by atoms with van der Waals surface area (Å²) in [4.78, 5) is 10.6. The van der Waals surface area contributed by atoms with Gasteiger partial charge in [0.25, 0.3) is 0 Å². The Kier molecular flexibility index (Phi) is 5.93. The Balaban J connectivity index is 2.85. The molecule has 0 aliphatic heterocycles. The summed E-state index contributed by atoms with van der Waals surface area (Å²) in [6.07, 6.45) is 3.55. The topological polar surface area (TPSA) is 55.8 Å². The van der Waals surface area contributed by atoms with Crippen LogP contribution in [0.2, 0.25) is 0 Å². The van der Waals surface area contributed by atoms with Gasteiger partial charge in [-0.1, -0.05) is 13.8 Å². The number of hydrogen-bond donors (Lipinski definition) is 1. The molecule has 0 aromatic heterocycles. The Bertz CT molecular complexity index is 449. The maximum Gasteiger partial charge on any atom is 0.328 e. The summed E-state index contributed by atoms with van der Waals surface area (Å²) < 4.78 is 10.8. The van der Waals surface area contributed by atoms with E-state index in [1.165, 1.54) is 6.08 Å². The molecule has 0 fully saturated rings. The zero-order valence-electron chi connectivity index (χ0n) is 11.6. The van der Waals surface area contributed by atoms with Crippen LogP contribution in [0, 0.1) is 5.92 Å². The van der Waals surface area contributed by atoms with Crippen molar-refractivity contribution in [2.24, 2.45) is 5.92 Å². The van der Waals surface area contributed by atoms with Gasteiger partial charge in [0.15, 0.2) is 0 Å². The van der Waals surface area contributed by atoms with Gasteiger partial charge in [-0.25, -0.2) is 4.79 Å². The molecule has 0 saturated carbocycles. The summed E-state index contributed by atoms with van der Waals surface area (Å²) in [5.41, 5.74) is 0.700.